The van der Waals surface area contributed by atoms with Gasteiger partial charge in [0.2, 0.25) is 0 Å². The van der Waals surface area contributed by atoms with Crippen LogP contribution in [0.1, 0.15) is 33.6 Å². The van der Waals surface area contributed by atoms with Crippen LogP contribution in [0.3, 0.4) is 0 Å². The molecule has 3 nitrogen and oxygen atoms in total. The Bertz CT molecular complexity index is 121. The third-order valence-corrected chi connectivity index (χ3v) is 1.73. The zero-order valence-electron chi connectivity index (χ0n) is 10.1. The molecule has 0 bridgehead atoms. The summed E-state index contributed by atoms with van der Waals surface area (Å²) in [5.74, 6) is 0. The summed E-state index contributed by atoms with van der Waals surface area (Å²) in [4.78, 5) is 0. The Morgan fingerprint density at radius 1 is 1.00 bits per heavy atom. The number of hydrogen-bond acceptors (Lipinski definition) is 3. The Kier molecular flexibility index (Phi) is 8.14. The van der Waals surface area contributed by atoms with Crippen LogP contribution in [0.25, 0.3) is 0 Å². The Hall–Kier alpha value is -0.120. The fourth-order valence-corrected chi connectivity index (χ4v) is 1.01. The van der Waals surface area contributed by atoms with Gasteiger partial charge in [-0.2, -0.15) is 0 Å². The molecule has 0 aliphatic carbocycles. The number of nitrogens with one attached hydrogen (secondary N) is 1. The lowest BCUT2D eigenvalue weighted by molar-refractivity contribution is -0.0351. The van der Waals surface area contributed by atoms with Gasteiger partial charge in [-0.1, -0.05) is 0 Å². The Morgan fingerprint density at radius 2 is 1.71 bits per heavy atom. The van der Waals surface area contributed by atoms with Crippen LogP contribution < -0.4 is 5.32 Å². The van der Waals surface area contributed by atoms with Crippen LogP contribution in [-0.2, 0) is 9.47 Å². The van der Waals surface area contributed by atoms with E-state index in [1.807, 2.05) is 7.05 Å². The molecule has 0 saturated heterocycles. The van der Waals surface area contributed by atoms with E-state index in [2.05, 4.69) is 26.1 Å². The van der Waals surface area contributed by atoms with Gasteiger partial charge < -0.3 is 14.8 Å². The molecule has 1 N–H and O–H groups in total. The van der Waals surface area contributed by atoms with E-state index in [0.29, 0.717) is 13.2 Å². The molecule has 0 aliphatic heterocycles. The number of ether oxygens (including phenoxy) is 2. The smallest absolute Gasteiger partial charge is 0.0707 e. The Labute approximate surface area is 88.2 Å². The normalized spacial score (nSPS) is 12.0. The first-order chi connectivity index (χ1) is 6.56. The van der Waals surface area contributed by atoms with E-state index in [-0.39, 0.29) is 5.60 Å². The lowest BCUT2D eigenvalue weighted by atomic mass is 10.2. The van der Waals surface area contributed by atoms with E-state index < -0.39 is 0 Å². The third kappa shape index (κ3) is 11.9. The molecule has 3 heteroatoms. The molecular formula is C11H25NO2. The molecule has 0 unspecified atom stereocenters. The SMILES string of the molecule is CNCCCCOCCOC(C)(C)C. The van der Waals surface area contributed by atoms with Crippen molar-refractivity contribution in [1.29, 1.82) is 0 Å². The van der Waals surface area contributed by atoms with Crippen molar-refractivity contribution < 1.29 is 9.47 Å². The van der Waals surface area contributed by atoms with Crippen molar-refractivity contribution in [3.05, 3.63) is 0 Å². The van der Waals surface area contributed by atoms with Gasteiger partial charge in [-0.25, -0.2) is 0 Å². The maximum Gasteiger partial charge on any atom is 0.0707 e. The van der Waals surface area contributed by atoms with E-state index in [1.165, 1.54) is 6.42 Å². The molecule has 0 atom stereocenters. The van der Waals surface area contributed by atoms with Crippen LogP contribution in [0.4, 0.5) is 0 Å². The van der Waals surface area contributed by atoms with Gasteiger partial charge in [-0.05, 0) is 47.2 Å². The molecule has 14 heavy (non-hydrogen) atoms. The van der Waals surface area contributed by atoms with Crippen LogP contribution in [0.15, 0.2) is 0 Å². The van der Waals surface area contributed by atoms with Crippen LogP contribution in [0.5, 0.6) is 0 Å². The minimum atomic E-state index is -0.0461. The van der Waals surface area contributed by atoms with E-state index in [4.69, 9.17) is 9.47 Å². The molecule has 0 heterocycles. The second-order valence-corrected chi connectivity index (χ2v) is 4.38. The first-order valence-corrected chi connectivity index (χ1v) is 5.42. The first-order valence-electron chi connectivity index (χ1n) is 5.42. The zero-order chi connectivity index (χ0) is 10.9. The van der Waals surface area contributed by atoms with Gasteiger partial charge in [0.05, 0.1) is 18.8 Å². The average molecular weight is 203 g/mol. The molecule has 0 rings (SSSR count). The summed E-state index contributed by atoms with van der Waals surface area (Å²) in [6.07, 6.45) is 2.30. The predicted molar refractivity (Wildman–Crippen MR) is 59.7 cm³/mol. The summed E-state index contributed by atoms with van der Waals surface area (Å²) in [5.41, 5.74) is -0.0461. The zero-order valence-corrected chi connectivity index (χ0v) is 10.1. The van der Waals surface area contributed by atoms with Crippen molar-refractivity contribution in [3.63, 3.8) is 0 Å². The predicted octanol–water partition coefficient (Wildman–Crippen LogP) is 1.82. The monoisotopic (exact) mass is 203 g/mol. The highest BCUT2D eigenvalue weighted by Gasteiger charge is 2.08. The van der Waals surface area contributed by atoms with Crippen molar-refractivity contribution in [3.8, 4) is 0 Å². The largest absolute Gasteiger partial charge is 0.379 e. The maximum absolute atomic E-state index is 5.52. The molecule has 0 amide bonds. The molecule has 0 aromatic carbocycles. The fourth-order valence-electron chi connectivity index (χ4n) is 1.01. The number of rotatable bonds is 8. The van der Waals surface area contributed by atoms with Crippen molar-refractivity contribution in [2.24, 2.45) is 0 Å². The van der Waals surface area contributed by atoms with Crippen molar-refractivity contribution in [1.82, 2.24) is 5.32 Å². The summed E-state index contributed by atoms with van der Waals surface area (Å²) in [6, 6.07) is 0. The van der Waals surface area contributed by atoms with E-state index in [9.17, 15) is 0 Å². The maximum atomic E-state index is 5.52. The second kappa shape index (κ2) is 8.21. The highest BCUT2D eigenvalue weighted by atomic mass is 16.5. The van der Waals surface area contributed by atoms with Crippen molar-refractivity contribution in [2.45, 2.75) is 39.2 Å². The molecule has 0 spiro atoms. The third-order valence-electron chi connectivity index (χ3n) is 1.73. The molecule has 0 saturated carbocycles. The van der Waals surface area contributed by atoms with Crippen LogP contribution in [-0.4, -0.2) is 39.0 Å². The van der Waals surface area contributed by atoms with Gasteiger partial charge in [0.15, 0.2) is 0 Å². The summed E-state index contributed by atoms with van der Waals surface area (Å²) < 4.78 is 10.9. The van der Waals surface area contributed by atoms with Gasteiger partial charge in [0.25, 0.3) is 0 Å². The summed E-state index contributed by atoms with van der Waals surface area (Å²) in [5, 5.41) is 3.11. The van der Waals surface area contributed by atoms with Crippen LogP contribution in [0.2, 0.25) is 0 Å². The molecule has 0 aromatic rings. The topological polar surface area (TPSA) is 30.5 Å². The van der Waals surface area contributed by atoms with Crippen molar-refractivity contribution in [2.75, 3.05) is 33.4 Å². The molecular weight excluding hydrogens is 178 g/mol. The standard InChI is InChI=1S/C11H25NO2/c1-11(2,3)14-10-9-13-8-6-5-7-12-4/h12H,5-10H2,1-4H3. The average Bonchev–Trinajstić information content (AvgIpc) is 2.08. The van der Waals surface area contributed by atoms with E-state index >= 15 is 0 Å². The molecule has 0 aliphatic rings. The molecule has 86 valence electrons. The highest BCUT2D eigenvalue weighted by molar-refractivity contribution is 4.57. The highest BCUT2D eigenvalue weighted by Crippen LogP contribution is 2.05. The summed E-state index contributed by atoms with van der Waals surface area (Å²) in [7, 11) is 1.97. The fraction of sp³-hybridized carbons (Fsp3) is 1.00. The second-order valence-electron chi connectivity index (χ2n) is 4.38. The Morgan fingerprint density at radius 3 is 2.29 bits per heavy atom. The minimum absolute atomic E-state index is 0.0461. The first kappa shape index (κ1) is 13.9. The minimum Gasteiger partial charge on any atom is -0.379 e. The van der Waals surface area contributed by atoms with Crippen LogP contribution >= 0.6 is 0 Å². The van der Waals surface area contributed by atoms with Crippen molar-refractivity contribution >= 4 is 0 Å². The van der Waals surface area contributed by atoms with Crippen LogP contribution in [0, 0.1) is 0 Å². The lowest BCUT2D eigenvalue weighted by Crippen LogP contribution is -2.22. The summed E-state index contributed by atoms with van der Waals surface area (Å²) >= 11 is 0. The quantitative estimate of drug-likeness (QED) is 0.610. The molecule has 0 radical (unpaired) electrons. The van der Waals surface area contributed by atoms with E-state index in [1.54, 1.807) is 0 Å². The Balaban J connectivity index is 2.99. The molecule has 0 aromatic heterocycles. The summed E-state index contributed by atoms with van der Waals surface area (Å²) in [6.45, 7) is 9.48. The number of hydrogen-bond donors (Lipinski definition) is 1. The lowest BCUT2D eigenvalue weighted by Gasteiger charge is -2.19. The van der Waals surface area contributed by atoms with Gasteiger partial charge in [0.1, 0.15) is 0 Å². The van der Waals surface area contributed by atoms with Gasteiger partial charge in [0, 0.05) is 6.61 Å². The molecule has 0 fully saturated rings. The van der Waals surface area contributed by atoms with E-state index in [0.717, 1.165) is 19.6 Å². The number of unbranched alkanes of at least 4 members (excludes halogenated alkanes) is 1. The van der Waals surface area contributed by atoms with Gasteiger partial charge >= 0.3 is 0 Å². The van der Waals surface area contributed by atoms with Gasteiger partial charge in [-0.3, -0.25) is 0 Å². The van der Waals surface area contributed by atoms with Gasteiger partial charge in [-0.15, -0.1) is 0 Å².